The lowest BCUT2D eigenvalue weighted by Crippen LogP contribution is -2.47. The summed E-state index contributed by atoms with van der Waals surface area (Å²) in [6, 6.07) is 22.0. The summed E-state index contributed by atoms with van der Waals surface area (Å²) in [5.74, 6) is 0.138. The zero-order chi connectivity index (χ0) is 24.2. The van der Waals surface area contributed by atoms with Crippen molar-refractivity contribution in [3.63, 3.8) is 0 Å². The quantitative estimate of drug-likeness (QED) is 0.328. The van der Waals surface area contributed by atoms with Crippen molar-refractivity contribution in [2.24, 2.45) is 5.92 Å². The zero-order valence-corrected chi connectivity index (χ0v) is 20.1. The van der Waals surface area contributed by atoms with Gasteiger partial charge in [0, 0.05) is 25.2 Å². The molecule has 182 valence electrons. The SMILES string of the molecule is FCCCN1CC(Cc2ccc(C3=C(c4cccc(F)c4CF)CCCc4ccccc43)cc2)C1. The maximum Gasteiger partial charge on any atom is 0.129 e. The molecule has 0 N–H and O–H groups in total. The van der Waals surface area contributed by atoms with Crippen LogP contribution in [-0.4, -0.2) is 31.2 Å². The van der Waals surface area contributed by atoms with E-state index in [2.05, 4.69) is 47.4 Å². The van der Waals surface area contributed by atoms with Gasteiger partial charge in [-0.3, -0.25) is 4.39 Å². The van der Waals surface area contributed by atoms with Crippen molar-refractivity contribution in [3.05, 3.63) is 106 Å². The molecule has 0 amide bonds. The average molecular weight is 476 g/mol. The highest BCUT2D eigenvalue weighted by atomic mass is 19.1. The molecule has 3 aromatic rings. The van der Waals surface area contributed by atoms with Gasteiger partial charge in [0.1, 0.15) is 12.5 Å². The van der Waals surface area contributed by atoms with E-state index in [0.29, 0.717) is 17.9 Å². The predicted molar refractivity (Wildman–Crippen MR) is 137 cm³/mol. The van der Waals surface area contributed by atoms with Crippen molar-refractivity contribution in [1.29, 1.82) is 0 Å². The number of allylic oxidation sites excluding steroid dienone is 1. The standard InChI is InChI=1S/C31H32F3N/c32-16-5-17-35-20-23(21-35)18-22-12-14-25(15-13-22)31-26-8-2-1-6-24(26)7-3-10-28(31)27-9-4-11-30(34)29(27)19-33/h1-2,4,6,8-9,11-15,23H,3,5,7,10,16-21H2. The minimum atomic E-state index is -0.816. The molecule has 1 fully saturated rings. The van der Waals surface area contributed by atoms with Crippen molar-refractivity contribution in [2.75, 3.05) is 26.3 Å². The van der Waals surface area contributed by atoms with E-state index in [1.165, 1.54) is 17.2 Å². The first kappa shape index (κ1) is 23.9. The first-order chi connectivity index (χ1) is 17.2. The molecule has 0 radical (unpaired) electrons. The second-order valence-electron chi connectivity index (χ2n) is 9.83. The molecule has 2 aliphatic rings. The van der Waals surface area contributed by atoms with E-state index in [1.54, 1.807) is 6.07 Å². The highest BCUT2D eigenvalue weighted by Crippen LogP contribution is 2.41. The number of hydrogen-bond acceptors (Lipinski definition) is 1. The number of hydrogen-bond donors (Lipinski definition) is 0. The molecule has 5 rings (SSSR count). The van der Waals surface area contributed by atoms with E-state index in [0.717, 1.165) is 67.6 Å². The van der Waals surface area contributed by atoms with Gasteiger partial charge in [-0.25, -0.2) is 8.78 Å². The Hall–Kier alpha value is -2.85. The molecule has 0 atom stereocenters. The third-order valence-corrected chi connectivity index (χ3v) is 7.45. The number of alkyl halides is 2. The molecule has 35 heavy (non-hydrogen) atoms. The smallest absolute Gasteiger partial charge is 0.129 e. The molecule has 0 saturated carbocycles. The van der Waals surface area contributed by atoms with Gasteiger partial charge < -0.3 is 4.90 Å². The van der Waals surface area contributed by atoms with Crippen molar-refractivity contribution in [3.8, 4) is 0 Å². The van der Waals surface area contributed by atoms with Gasteiger partial charge in [0.2, 0.25) is 0 Å². The Kier molecular flexibility index (Phi) is 7.38. The molecule has 0 aromatic heterocycles. The Morgan fingerprint density at radius 3 is 2.37 bits per heavy atom. The van der Waals surface area contributed by atoms with Crippen LogP contribution in [-0.2, 0) is 19.5 Å². The molecule has 0 unspecified atom stereocenters. The summed E-state index contributed by atoms with van der Waals surface area (Å²) in [7, 11) is 0. The molecule has 1 saturated heterocycles. The Labute approximate surface area is 206 Å². The van der Waals surface area contributed by atoms with Crippen LogP contribution in [0.2, 0.25) is 0 Å². The number of halogens is 3. The normalized spacial score (nSPS) is 16.7. The summed E-state index contributed by atoms with van der Waals surface area (Å²) < 4.78 is 40.9. The van der Waals surface area contributed by atoms with Gasteiger partial charge in [-0.1, -0.05) is 60.7 Å². The maximum absolute atomic E-state index is 14.6. The van der Waals surface area contributed by atoms with Crippen LogP contribution in [0, 0.1) is 11.7 Å². The number of fused-ring (bicyclic) bond motifs is 1. The van der Waals surface area contributed by atoms with E-state index >= 15 is 0 Å². The van der Waals surface area contributed by atoms with Gasteiger partial charge in [-0.05, 0) is 83.1 Å². The molecule has 3 aromatic carbocycles. The maximum atomic E-state index is 14.6. The minimum absolute atomic E-state index is 0.151. The molecule has 1 heterocycles. The first-order valence-electron chi connectivity index (χ1n) is 12.7. The van der Waals surface area contributed by atoms with Crippen LogP contribution >= 0.6 is 0 Å². The Morgan fingerprint density at radius 2 is 1.60 bits per heavy atom. The average Bonchev–Trinajstić information content (AvgIpc) is 3.05. The van der Waals surface area contributed by atoms with Crippen molar-refractivity contribution < 1.29 is 13.2 Å². The molecule has 4 heteroatoms. The molecule has 1 aliphatic carbocycles. The fourth-order valence-electron chi connectivity index (χ4n) is 5.71. The summed E-state index contributed by atoms with van der Waals surface area (Å²) in [5.41, 5.74) is 7.77. The van der Waals surface area contributed by atoms with Gasteiger partial charge >= 0.3 is 0 Å². The lowest BCUT2D eigenvalue weighted by atomic mass is 9.85. The topological polar surface area (TPSA) is 3.24 Å². The molecule has 1 aliphatic heterocycles. The van der Waals surface area contributed by atoms with E-state index in [9.17, 15) is 13.2 Å². The second kappa shape index (κ2) is 10.8. The highest BCUT2D eigenvalue weighted by Gasteiger charge is 2.26. The fourth-order valence-corrected chi connectivity index (χ4v) is 5.71. The summed E-state index contributed by atoms with van der Waals surface area (Å²) >= 11 is 0. The third kappa shape index (κ3) is 5.08. The van der Waals surface area contributed by atoms with Crippen molar-refractivity contribution >= 4 is 11.1 Å². The van der Waals surface area contributed by atoms with E-state index in [4.69, 9.17) is 0 Å². The Balaban J connectivity index is 1.49. The summed E-state index contributed by atoms with van der Waals surface area (Å²) in [6.07, 6.45) is 4.30. The van der Waals surface area contributed by atoms with Gasteiger partial charge in [0.15, 0.2) is 0 Å². The zero-order valence-electron chi connectivity index (χ0n) is 20.1. The predicted octanol–water partition coefficient (Wildman–Crippen LogP) is 7.42. The summed E-state index contributed by atoms with van der Waals surface area (Å²) in [5, 5.41) is 0. The fraction of sp³-hybridized carbons (Fsp3) is 0.355. The van der Waals surface area contributed by atoms with Crippen LogP contribution in [0.4, 0.5) is 13.2 Å². The van der Waals surface area contributed by atoms with Gasteiger partial charge in [-0.15, -0.1) is 0 Å². The largest absolute Gasteiger partial charge is 0.303 e. The molecule has 0 spiro atoms. The van der Waals surface area contributed by atoms with Crippen LogP contribution in [0.25, 0.3) is 11.1 Å². The Bertz CT molecular complexity index is 1190. The molecular formula is C31H32F3N. The number of aryl methyl sites for hydroxylation is 1. The monoisotopic (exact) mass is 475 g/mol. The second-order valence-corrected chi connectivity index (χ2v) is 9.83. The lowest BCUT2D eigenvalue weighted by Gasteiger charge is -2.39. The lowest BCUT2D eigenvalue weighted by molar-refractivity contribution is 0.0968. The number of nitrogens with zero attached hydrogens (tertiary/aromatic N) is 1. The molecular weight excluding hydrogens is 443 g/mol. The summed E-state index contributed by atoms with van der Waals surface area (Å²) in [4.78, 5) is 2.32. The Morgan fingerprint density at radius 1 is 0.829 bits per heavy atom. The first-order valence-corrected chi connectivity index (χ1v) is 12.7. The highest BCUT2D eigenvalue weighted by molar-refractivity contribution is 6.00. The van der Waals surface area contributed by atoms with E-state index < -0.39 is 12.5 Å². The van der Waals surface area contributed by atoms with Gasteiger partial charge in [0.25, 0.3) is 0 Å². The molecule has 1 nitrogen and oxygen atoms in total. The summed E-state index contributed by atoms with van der Waals surface area (Å²) in [6.45, 7) is 1.87. The van der Waals surface area contributed by atoms with Crippen molar-refractivity contribution in [2.45, 2.75) is 38.8 Å². The van der Waals surface area contributed by atoms with E-state index in [1.807, 2.05) is 12.1 Å². The number of likely N-dealkylation sites (tertiary alicyclic amines) is 1. The van der Waals surface area contributed by atoms with Gasteiger partial charge in [0.05, 0.1) is 6.67 Å². The van der Waals surface area contributed by atoms with Crippen LogP contribution in [0.3, 0.4) is 0 Å². The van der Waals surface area contributed by atoms with Crippen LogP contribution in [0.5, 0.6) is 0 Å². The van der Waals surface area contributed by atoms with Crippen LogP contribution in [0.1, 0.15) is 52.6 Å². The van der Waals surface area contributed by atoms with Crippen LogP contribution in [0.15, 0.2) is 66.7 Å². The third-order valence-electron chi connectivity index (χ3n) is 7.45. The van der Waals surface area contributed by atoms with Crippen LogP contribution < -0.4 is 0 Å². The molecule has 0 bridgehead atoms. The van der Waals surface area contributed by atoms with E-state index in [-0.39, 0.29) is 12.2 Å². The minimum Gasteiger partial charge on any atom is -0.303 e. The van der Waals surface area contributed by atoms with Gasteiger partial charge in [-0.2, -0.15) is 0 Å². The number of benzene rings is 3. The number of rotatable bonds is 8. The van der Waals surface area contributed by atoms with Crippen molar-refractivity contribution in [1.82, 2.24) is 4.90 Å².